The van der Waals surface area contributed by atoms with Crippen LogP contribution in [0.3, 0.4) is 0 Å². The normalized spacial score (nSPS) is 22.8. The van der Waals surface area contributed by atoms with Crippen molar-refractivity contribution in [1.82, 2.24) is 5.32 Å². The monoisotopic (exact) mass is 248 g/mol. The fourth-order valence-corrected chi connectivity index (χ4v) is 2.50. The van der Waals surface area contributed by atoms with Crippen molar-refractivity contribution < 1.29 is 9.53 Å². The number of anilines is 1. The van der Waals surface area contributed by atoms with E-state index in [9.17, 15) is 4.79 Å². The van der Waals surface area contributed by atoms with Crippen molar-refractivity contribution in [2.75, 3.05) is 12.8 Å². The van der Waals surface area contributed by atoms with Crippen LogP contribution >= 0.6 is 0 Å². The van der Waals surface area contributed by atoms with E-state index in [0.717, 1.165) is 12.8 Å². The van der Waals surface area contributed by atoms with Crippen LogP contribution in [0.5, 0.6) is 5.75 Å². The standard InChI is InChI=1S/C14H20N2O2/c1-9-3-5-11(7-9)16-14(17)12-6-4-10(15)8-13(12)18-2/h4,6,8-9,11H,3,5,7,15H2,1-2H3,(H,16,17). The molecule has 0 bridgehead atoms. The minimum atomic E-state index is -0.0778. The largest absolute Gasteiger partial charge is 0.496 e. The first-order valence-corrected chi connectivity index (χ1v) is 6.34. The van der Waals surface area contributed by atoms with Crippen LogP contribution in [-0.2, 0) is 0 Å². The molecule has 0 heterocycles. The van der Waals surface area contributed by atoms with E-state index in [-0.39, 0.29) is 11.9 Å². The van der Waals surface area contributed by atoms with Gasteiger partial charge in [0.2, 0.25) is 0 Å². The molecule has 0 spiro atoms. The van der Waals surface area contributed by atoms with Gasteiger partial charge in [-0.15, -0.1) is 0 Å². The Morgan fingerprint density at radius 1 is 1.44 bits per heavy atom. The first kappa shape index (κ1) is 12.7. The summed E-state index contributed by atoms with van der Waals surface area (Å²) in [6.07, 6.45) is 3.30. The summed E-state index contributed by atoms with van der Waals surface area (Å²) in [7, 11) is 1.54. The molecule has 2 rings (SSSR count). The van der Waals surface area contributed by atoms with Gasteiger partial charge in [0.05, 0.1) is 12.7 Å². The highest BCUT2D eigenvalue weighted by molar-refractivity contribution is 5.97. The number of carbonyl (C=O) groups is 1. The number of benzene rings is 1. The lowest BCUT2D eigenvalue weighted by molar-refractivity contribution is 0.0934. The Labute approximate surface area is 108 Å². The molecule has 0 aliphatic heterocycles. The number of hydrogen-bond donors (Lipinski definition) is 2. The molecule has 0 saturated heterocycles. The summed E-state index contributed by atoms with van der Waals surface area (Å²) in [4.78, 5) is 12.2. The molecule has 1 aromatic rings. The molecule has 3 N–H and O–H groups in total. The van der Waals surface area contributed by atoms with Crippen molar-refractivity contribution >= 4 is 11.6 Å². The van der Waals surface area contributed by atoms with E-state index >= 15 is 0 Å². The van der Waals surface area contributed by atoms with E-state index in [0.29, 0.717) is 22.9 Å². The number of hydrogen-bond acceptors (Lipinski definition) is 3. The smallest absolute Gasteiger partial charge is 0.255 e. The Bertz CT molecular complexity index is 445. The zero-order valence-corrected chi connectivity index (χ0v) is 10.9. The highest BCUT2D eigenvalue weighted by atomic mass is 16.5. The van der Waals surface area contributed by atoms with Crippen LogP contribution in [0, 0.1) is 5.92 Å². The molecule has 0 aromatic heterocycles. The van der Waals surface area contributed by atoms with Crippen LogP contribution in [0.25, 0.3) is 0 Å². The van der Waals surface area contributed by atoms with Crippen molar-refractivity contribution in [3.8, 4) is 5.75 Å². The van der Waals surface area contributed by atoms with E-state index in [1.807, 2.05) is 0 Å². The zero-order chi connectivity index (χ0) is 13.1. The Morgan fingerprint density at radius 2 is 2.22 bits per heavy atom. The molecule has 1 saturated carbocycles. The zero-order valence-electron chi connectivity index (χ0n) is 10.9. The molecule has 1 aliphatic rings. The molecule has 4 heteroatoms. The first-order valence-electron chi connectivity index (χ1n) is 6.34. The number of nitrogen functional groups attached to an aromatic ring is 1. The third kappa shape index (κ3) is 2.75. The molecule has 1 amide bonds. The molecule has 2 atom stereocenters. The van der Waals surface area contributed by atoms with Gasteiger partial charge in [0.15, 0.2) is 0 Å². The second kappa shape index (κ2) is 5.29. The summed E-state index contributed by atoms with van der Waals surface area (Å²) >= 11 is 0. The fourth-order valence-electron chi connectivity index (χ4n) is 2.50. The van der Waals surface area contributed by atoms with Gasteiger partial charge >= 0.3 is 0 Å². The van der Waals surface area contributed by atoms with Gasteiger partial charge in [-0.2, -0.15) is 0 Å². The van der Waals surface area contributed by atoms with Crippen molar-refractivity contribution in [3.63, 3.8) is 0 Å². The lowest BCUT2D eigenvalue weighted by Gasteiger charge is -2.14. The number of nitrogens with two attached hydrogens (primary N) is 1. The maximum atomic E-state index is 12.2. The van der Waals surface area contributed by atoms with Gasteiger partial charge in [0.1, 0.15) is 5.75 Å². The summed E-state index contributed by atoms with van der Waals surface area (Å²) in [5.41, 5.74) is 6.82. The molecule has 4 nitrogen and oxygen atoms in total. The number of rotatable bonds is 3. The minimum Gasteiger partial charge on any atom is -0.496 e. The number of carbonyl (C=O) groups excluding carboxylic acids is 1. The van der Waals surface area contributed by atoms with Gasteiger partial charge in [-0.3, -0.25) is 4.79 Å². The van der Waals surface area contributed by atoms with Gasteiger partial charge in [0, 0.05) is 17.8 Å². The topological polar surface area (TPSA) is 64.3 Å². The van der Waals surface area contributed by atoms with Crippen LogP contribution in [0.15, 0.2) is 18.2 Å². The van der Waals surface area contributed by atoms with E-state index in [1.54, 1.807) is 25.3 Å². The Balaban J connectivity index is 2.09. The first-order chi connectivity index (χ1) is 8.60. The Morgan fingerprint density at radius 3 is 2.83 bits per heavy atom. The van der Waals surface area contributed by atoms with Gasteiger partial charge in [-0.25, -0.2) is 0 Å². The van der Waals surface area contributed by atoms with E-state index in [1.165, 1.54) is 6.42 Å². The van der Waals surface area contributed by atoms with E-state index < -0.39 is 0 Å². The number of methoxy groups -OCH3 is 1. The number of nitrogens with one attached hydrogen (secondary N) is 1. The van der Waals surface area contributed by atoms with E-state index in [2.05, 4.69) is 12.2 Å². The van der Waals surface area contributed by atoms with Crippen molar-refractivity contribution in [2.45, 2.75) is 32.2 Å². The Kier molecular flexibility index (Phi) is 3.75. The highest BCUT2D eigenvalue weighted by Gasteiger charge is 2.24. The maximum Gasteiger partial charge on any atom is 0.255 e. The van der Waals surface area contributed by atoms with Crippen LogP contribution < -0.4 is 15.8 Å². The second-order valence-corrected chi connectivity index (χ2v) is 5.05. The van der Waals surface area contributed by atoms with Crippen LogP contribution in [0.1, 0.15) is 36.5 Å². The van der Waals surface area contributed by atoms with Crippen molar-refractivity contribution in [2.24, 2.45) is 5.92 Å². The summed E-state index contributed by atoms with van der Waals surface area (Å²) in [6, 6.07) is 5.39. The molecule has 2 unspecified atom stereocenters. The van der Waals surface area contributed by atoms with Gasteiger partial charge < -0.3 is 15.8 Å². The molecular weight excluding hydrogens is 228 g/mol. The van der Waals surface area contributed by atoms with Crippen LogP contribution in [0.4, 0.5) is 5.69 Å². The van der Waals surface area contributed by atoms with Crippen molar-refractivity contribution in [1.29, 1.82) is 0 Å². The summed E-state index contributed by atoms with van der Waals surface area (Å²) < 4.78 is 5.19. The van der Waals surface area contributed by atoms with Crippen molar-refractivity contribution in [3.05, 3.63) is 23.8 Å². The van der Waals surface area contributed by atoms with Gasteiger partial charge in [0.25, 0.3) is 5.91 Å². The SMILES string of the molecule is COc1cc(N)ccc1C(=O)NC1CCC(C)C1. The third-order valence-electron chi connectivity index (χ3n) is 3.50. The predicted molar refractivity (Wildman–Crippen MR) is 71.7 cm³/mol. The average Bonchev–Trinajstić information content (AvgIpc) is 2.74. The second-order valence-electron chi connectivity index (χ2n) is 5.05. The number of amides is 1. The third-order valence-corrected chi connectivity index (χ3v) is 3.50. The van der Waals surface area contributed by atoms with Crippen LogP contribution in [0.2, 0.25) is 0 Å². The number of ether oxygens (including phenoxy) is 1. The summed E-state index contributed by atoms with van der Waals surface area (Å²) in [6.45, 7) is 2.22. The lowest BCUT2D eigenvalue weighted by atomic mass is 10.1. The lowest BCUT2D eigenvalue weighted by Crippen LogP contribution is -2.33. The Hall–Kier alpha value is -1.71. The molecule has 1 aromatic carbocycles. The van der Waals surface area contributed by atoms with E-state index in [4.69, 9.17) is 10.5 Å². The van der Waals surface area contributed by atoms with Gasteiger partial charge in [-0.05, 0) is 37.3 Å². The predicted octanol–water partition coefficient (Wildman–Crippen LogP) is 2.20. The quantitative estimate of drug-likeness (QED) is 0.806. The molecule has 1 fully saturated rings. The molecule has 98 valence electrons. The molecular formula is C14H20N2O2. The van der Waals surface area contributed by atoms with Crippen LogP contribution in [-0.4, -0.2) is 19.1 Å². The average molecular weight is 248 g/mol. The minimum absolute atomic E-state index is 0.0778. The molecule has 1 aliphatic carbocycles. The highest BCUT2D eigenvalue weighted by Crippen LogP contribution is 2.26. The van der Waals surface area contributed by atoms with Gasteiger partial charge in [-0.1, -0.05) is 6.92 Å². The molecule has 0 radical (unpaired) electrons. The summed E-state index contributed by atoms with van der Waals surface area (Å²) in [5, 5.41) is 3.06. The maximum absolute atomic E-state index is 12.2. The molecule has 18 heavy (non-hydrogen) atoms. The summed E-state index contributed by atoms with van der Waals surface area (Å²) in [5.74, 6) is 1.15. The fraction of sp³-hybridized carbons (Fsp3) is 0.500.